The van der Waals surface area contributed by atoms with E-state index in [9.17, 15) is 14.0 Å². The van der Waals surface area contributed by atoms with Crippen molar-refractivity contribution in [2.75, 3.05) is 36.5 Å². The Morgan fingerprint density at radius 2 is 1.73 bits per heavy atom. The minimum absolute atomic E-state index is 0.00500. The van der Waals surface area contributed by atoms with Crippen molar-refractivity contribution in [2.24, 2.45) is 5.92 Å². The average molecular weight is 508 g/mol. The number of hydrogen-bond donors (Lipinski definition) is 2. The second kappa shape index (κ2) is 10.9. The van der Waals surface area contributed by atoms with Crippen LogP contribution >= 0.6 is 0 Å². The molecule has 2 fully saturated rings. The number of halogens is 1. The van der Waals surface area contributed by atoms with Gasteiger partial charge in [-0.15, -0.1) is 0 Å². The molecule has 5 rings (SSSR count). The molecule has 37 heavy (non-hydrogen) atoms. The van der Waals surface area contributed by atoms with Crippen LogP contribution in [0.15, 0.2) is 42.5 Å². The number of morpholine rings is 1. The number of fused-ring (bicyclic) bond motifs is 1. The molecule has 1 aliphatic heterocycles. The fourth-order valence-electron chi connectivity index (χ4n) is 5.33. The van der Waals surface area contributed by atoms with Crippen molar-refractivity contribution in [1.82, 2.24) is 14.9 Å². The summed E-state index contributed by atoms with van der Waals surface area (Å²) in [7, 11) is 0. The minimum atomic E-state index is -0.391. The summed E-state index contributed by atoms with van der Waals surface area (Å²) in [5.74, 6) is -0.149. The fourth-order valence-corrected chi connectivity index (χ4v) is 5.33. The molecule has 9 heteroatoms. The molecule has 0 spiro atoms. The maximum atomic E-state index is 13.4. The third-order valence-corrected chi connectivity index (χ3v) is 7.24. The summed E-state index contributed by atoms with van der Waals surface area (Å²) < 4.78 is 21.0. The van der Waals surface area contributed by atoms with Gasteiger partial charge in [-0.1, -0.05) is 0 Å². The first kappa shape index (κ1) is 25.2. The molecule has 2 amide bonds. The van der Waals surface area contributed by atoms with E-state index in [1.165, 1.54) is 24.3 Å². The quantitative estimate of drug-likeness (QED) is 0.512. The molecule has 8 nitrogen and oxygen atoms in total. The van der Waals surface area contributed by atoms with E-state index in [1.807, 2.05) is 19.9 Å². The number of carbonyl (C=O) groups excluding carboxylic acids is 2. The van der Waals surface area contributed by atoms with E-state index in [4.69, 9.17) is 9.72 Å². The van der Waals surface area contributed by atoms with E-state index in [2.05, 4.69) is 32.2 Å². The number of carbonyl (C=O) groups is 2. The standard InChI is InChI=1S/C28H34FN5O3/c1-18(2)30-26(35)20-5-9-22(10-6-20)34-25-17-23(33-13-15-37-16-14-33)11-12-24(25)31-28(34)32-27(36)19-3-7-21(29)8-4-19/h3-4,7-8,11-12,17-18,20,22H,5-6,9-10,13-16H2,1-2H3,(H,30,35)(H,31,32,36). The van der Waals surface area contributed by atoms with E-state index in [1.54, 1.807) is 0 Å². The number of nitrogens with zero attached hydrogens (tertiary/aromatic N) is 3. The third-order valence-electron chi connectivity index (χ3n) is 7.24. The Morgan fingerprint density at radius 3 is 2.41 bits per heavy atom. The first-order valence-electron chi connectivity index (χ1n) is 13.1. The van der Waals surface area contributed by atoms with Crippen LogP contribution in [0.5, 0.6) is 0 Å². The van der Waals surface area contributed by atoms with Gasteiger partial charge in [-0.3, -0.25) is 14.9 Å². The van der Waals surface area contributed by atoms with Gasteiger partial charge in [0.15, 0.2) is 0 Å². The first-order chi connectivity index (χ1) is 17.9. The molecule has 0 unspecified atom stereocenters. The zero-order valence-corrected chi connectivity index (χ0v) is 21.4. The van der Waals surface area contributed by atoms with Crippen molar-refractivity contribution in [3.05, 3.63) is 53.8 Å². The smallest absolute Gasteiger partial charge is 0.257 e. The van der Waals surface area contributed by atoms with Crippen LogP contribution in [-0.2, 0) is 9.53 Å². The van der Waals surface area contributed by atoms with Crippen molar-refractivity contribution < 1.29 is 18.7 Å². The minimum Gasteiger partial charge on any atom is -0.378 e. The molecule has 2 heterocycles. The molecule has 1 aromatic heterocycles. The van der Waals surface area contributed by atoms with Gasteiger partial charge in [0.1, 0.15) is 5.82 Å². The van der Waals surface area contributed by atoms with Crippen LogP contribution in [-0.4, -0.2) is 53.7 Å². The summed E-state index contributed by atoms with van der Waals surface area (Å²) in [6.45, 7) is 6.98. The number of aromatic nitrogens is 2. The molecule has 2 aromatic carbocycles. The second-order valence-electron chi connectivity index (χ2n) is 10.2. The molecule has 0 radical (unpaired) electrons. The van der Waals surface area contributed by atoms with Gasteiger partial charge in [-0.25, -0.2) is 9.37 Å². The summed E-state index contributed by atoms with van der Waals surface area (Å²) in [6, 6.07) is 11.9. The highest BCUT2D eigenvalue weighted by atomic mass is 19.1. The van der Waals surface area contributed by atoms with Crippen LogP contribution < -0.4 is 15.5 Å². The number of rotatable bonds is 6. The maximum absolute atomic E-state index is 13.4. The predicted molar refractivity (Wildman–Crippen MR) is 141 cm³/mol. The van der Waals surface area contributed by atoms with Crippen molar-refractivity contribution in [1.29, 1.82) is 0 Å². The van der Waals surface area contributed by atoms with Crippen LogP contribution in [0.2, 0.25) is 0 Å². The van der Waals surface area contributed by atoms with E-state index in [0.29, 0.717) is 24.7 Å². The SMILES string of the molecule is CC(C)NC(=O)C1CCC(n2c(NC(=O)c3ccc(F)cc3)nc3ccc(N4CCOCC4)cc32)CC1. The number of hydrogen-bond acceptors (Lipinski definition) is 5. The molecule has 1 saturated carbocycles. The zero-order valence-electron chi connectivity index (χ0n) is 21.4. The Hall–Kier alpha value is -3.46. The van der Waals surface area contributed by atoms with Gasteiger partial charge in [0.05, 0.1) is 24.2 Å². The van der Waals surface area contributed by atoms with Gasteiger partial charge in [-0.2, -0.15) is 0 Å². The van der Waals surface area contributed by atoms with Crippen LogP contribution in [0, 0.1) is 11.7 Å². The molecule has 0 atom stereocenters. The van der Waals surface area contributed by atoms with E-state index in [0.717, 1.165) is 55.5 Å². The lowest BCUT2D eigenvalue weighted by Crippen LogP contribution is -2.37. The monoisotopic (exact) mass is 507 g/mol. The zero-order chi connectivity index (χ0) is 25.9. The van der Waals surface area contributed by atoms with Gasteiger partial charge in [0, 0.05) is 42.3 Å². The molecule has 0 bridgehead atoms. The van der Waals surface area contributed by atoms with Crippen LogP contribution in [0.25, 0.3) is 11.0 Å². The fraction of sp³-hybridized carbons (Fsp3) is 0.464. The lowest BCUT2D eigenvalue weighted by molar-refractivity contribution is -0.126. The van der Waals surface area contributed by atoms with E-state index in [-0.39, 0.29) is 29.8 Å². The molecule has 2 N–H and O–H groups in total. The van der Waals surface area contributed by atoms with Gasteiger partial charge in [0.2, 0.25) is 11.9 Å². The maximum Gasteiger partial charge on any atom is 0.257 e. The summed E-state index contributed by atoms with van der Waals surface area (Å²) >= 11 is 0. The van der Waals surface area contributed by atoms with Crippen molar-refractivity contribution in [2.45, 2.75) is 51.6 Å². The normalized spacial score (nSPS) is 20.3. The van der Waals surface area contributed by atoms with Crippen LogP contribution in [0.3, 0.4) is 0 Å². The topological polar surface area (TPSA) is 88.5 Å². The average Bonchev–Trinajstić information content (AvgIpc) is 3.26. The summed E-state index contributed by atoms with van der Waals surface area (Å²) in [4.78, 5) is 32.7. The van der Waals surface area contributed by atoms with Gasteiger partial charge < -0.3 is 19.5 Å². The summed E-state index contributed by atoms with van der Waals surface area (Å²) in [6.07, 6.45) is 3.17. The molecule has 3 aromatic rings. The number of nitrogens with one attached hydrogen (secondary N) is 2. The highest BCUT2D eigenvalue weighted by molar-refractivity contribution is 6.04. The number of amides is 2. The molecule has 1 aliphatic carbocycles. The summed E-state index contributed by atoms with van der Waals surface area (Å²) in [5, 5.41) is 6.01. The van der Waals surface area contributed by atoms with Crippen molar-refractivity contribution in [3.8, 4) is 0 Å². The number of anilines is 2. The number of benzene rings is 2. The van der Waals surface area contributed by atoms with Gasteiger partial charge in [-0.05, 0) is 82.0 Å². The van der Waals surface area contributed by atoms with E-state index >= 15 is 0 Å². The highest BCUT2D eigenvalue weighted by Crippen LogP contribution is 2.38. The Morgan fingerprint density at radius 1 is 1.03 bits per heavy atom. The largest absolute Gasteiger partial charge is 0.378 e. The Balaban J connectivity index is 1.45. The van der Waals surface area contributed by atoms with E-state index < -0.39 is 5.82 Å². The summed E-state index contributed by atoms with van der Waals surface area (Å²) in [5.41, 5.74) is 3.21. The van der Waals surface area contributed by atoms with Crippen molar-refractivity contribution in [3.63, 3.8) is 0 Å². The lowest BCUT2D eigenvalue weighted by atomic mass is 9.85. The highest BCUT2D eigenvalue weighted by Gasteiger charge is 2.30. The Kier molecular flexibility index (Phi) is 7.41. The van der Waals surface area contributed by atoms with Crippen LogP contribution in [0.4, 0.5) is 16.0 Å². The molecular formula is C28H34FN5O3. The molecular weight excluding hydrogens is 473 g/mol. The predicted octanol–water partition coefficient (Wildman–Crippen LogP) is 4.52. The van der Waals surface area contributed by atoms with Gasteiger partial charge in [0.25, 0.3) is 5.91 Å². The van der Waals surface area contributed by atoms with Crippen LogP contribution in [0.1, 0.15) is 55.9 Å². The molecule has 196 valence electrons. The number of imidazole rings is 1. The third kappa shape index (κ3) is 5.61. The Bertz CT molecular complexity index is 1260. The Labute approximate surface area is 216 Å². The first-order valence-corrected chi connectivity index (χ1v) is 13.1. The lowest BCUT2D eigenvalue weighted by Gasteiger charge is -2.31. The van der Waals surface area contributed by atoms with Gasteiger partial charge >= 0.3 is 0 Å². The number of ether oxygens (including phenoxy) is 1. The molecule has 1 saturated heterocycles. The molecule has 2 aliphatic rings. The second-order valence-corrected chi connectivity index (χ2v) is 10.2. The van der Waals surface area contributed by atoms with Crippen molar-refractivity contribution >= 4 is 34.5 Å².